The Labute approximate surface area is 272 Å². The number of halogens is 1. The Morgan fingerprint density at radius 2 is 1.98 bits per heavy atom. The molecule has 0 radical (unpaired) electrons. The lowest BCUT2D eigenvalue weighted by Crippen LogP contribution is -2.51. The molecule has 47 heavy (non-hydrogen) atoms. The van der Waals surface area contributed by atoms with Gasteiger partial charge < -0.3 is 29.9 Å². The van der Waals surface area contributed by atoms with Gasteiger partial charge >= 0.3 is 0 Å². The fourth-order valence-corrected chi connectivity index (χ4v) is 7.42. The van der Waals surface area contributed by atoms with E-state index < -0.39 is 23.5 Å². The van der Waals surface area contributed by atoms with E-state index in [0.717, 1.165) is 66.2 Å². The first-order chi connectivity index (χ1) is 22.8. The van der Waals surface area contributed by atoms with Gasteiger partial charge in [-0.05, 0) is 85.0 Å². The van der Waals surface area contributed by atoms with Crippen molar-refractivity contribution in [3.05, 3.63) is 78.4 Å². The molecule has 242 valence electrons. The summed E-state index contributed by atoms with van der Waals surface area (Å²) in [6.07, 6.45) is 9.03. The molecule has 2 aliphatic carbocycles. The molecule has 11 heteroatoms. The van der Waals surface area contributed by atoms with Gasteiger partial charge in [0, 0.05) is 43.0 Å². The summed E-state index contributed by atoms with van der Waals surface area (Å²) in [4.78, 5) is 38.2. The highest BCUT2D eigenvalue weighted by Crippen LogP contribution is 2.42. The number of pyridine rings is 1. The number of nitrogens with one attached hydrogen (secondary N) is 2. The lowest BCUT2D eigenvalue weighted by molar-refractivity contribution is -0.131. The Hall–Kier alpha value is -4.77. The Kier molecular flexibility index (Phi) is 7.24. The Balaban J connectivity index is 1.09. The number of rotatable bonds is 8. The van der Waals surface area contributed by atoms with Crippen molar-refractivity contribution in [2.24, 2.45) is 7.05 Å². The number of alkyl halides is 1. The maximum absolute atomic E-state index is 15.0. The number of aromatic nitrogens is 3. The normalized spacial score (nSPS) is 22.9. The van der Waals surface area contributed by atoms with Gasteiger partial charge in [-0.15, -0.1) is 0 Å². The number of imidazole rings is 1. The van der Waals surface area contributed by atoms with Gasteiger partial charge in [0.05, 0.1) is 37.0 Å². The van der Waals surface area contributed by atoms with Gasteiger partial charge in [-0.3, -0.25) is 9.59 Å². The highest BCUT2D eigenvalue weighted by atomic mass is 19.1. The average Bonchev–Trinajstić information content (AvgIpc) is 3.39. The van der Waals surface area contributed by atoms with Crippen LogP contribution in [0.4, 0.5) is 15.9 Å². The molecular formula is C36H37FN6O4. The average molecular weight is 637 g/mol. The van der Waals surface area contributed by atoms with E-state index in [9.17, 15) is 19.1 Å². The van der Waals surface area contributed by atoms with E-state index in [-0.39, 0.29) is 30.6 Å². The van der Waals surface area contributed by atoms with E-state index in [1.165, 1.54) is 6.07 Å². The van der Waals surface area contributed by atoms with Gasteiger partial charge in [-0.2, -0.15) is 0 Å². The van der Waals surface area contributed by atoms with Crippen LogP contribution >= 0.6 is 0 Å². The second kappa shape index (κ2) is 11.5. The molecule has 1 unspecified atom stereocenters. The van der Waals surface area contributed by atoms with Crippen LogP contribution in [-0.4, -0.2) is 68.5 Å². The minimum Gasteiger partial charge on any atom is -0.507 e. The van der Waals surface area contributed by atoms with E-state index >= 15 is 0 Å². The molecule has 4 aromatic rings. The van der Waals surface area contributed by atoms with E-state index in [1.807, 2.05) is 19.3 Å². The van der Waals surface area contributed by atoms with Crippen molar-refractivity contribution in [3.8, 4) is 28.1 Å². The van der Waals surface area contributed by atoms with Gasteiger partial charge in [0.25, 0.3) is 5.91 Å². The van der Waals surface area contributed by atoms with E-state index in [1.54, 1.807) is 29.2 Å². The number of carbonyl (C=O) groups is 2. The molecular weight excluding hydrogens is 599 g/mol. The molecule has 4 heterocycles. The molecule has 1 saturated carbocycles. The van der Waals surface area contributed by atoms with Crippen LogP contribution < -0.4 is 15.5 Å². The molecule has 0 spiro atoms. The molecule has 2 aromatic carbocycles. The number of nitrogens with zero attached hydrogens (tertiary/aromatic N) is 4. The SMILES string of the molecule is Cn1cncc1-c1ccc(NC(=O)C(NC(=O)C2(F)CC2)[C@@H]2CCCc3ccc(-c4ccnc(N5C[C@H]6C[C@@H]5CO6)c4)cc32)cc1O. The van der Waals surface area contributed by atoms with Crippen molar-refractivity contribution in [2.45, 2.75) is 68.3 Å². The summed E-state index contributed by atoms with van der Waals surface area (Å²) in [5.74, 6) is -0.687. The second-order valence-corrected chi connectivity index (χ2v) is 13.3. The third kappa shape index (κ3) is 5.52. The molecule has 2 saturated heterocycles. The number of aromatic hydroxyl groups is 1. The van der Waals surface area contributed by atoms with Crippen molar-refractivity contribution in [1.82, 2.24) is 19.9 Å². The molecule has 2 bridgehead atoms. The number of amides is 2. The van der Waals surface area contributed by atoms with Crippen LogP contribution in [0.1, 0.15) is 49.1 Å². The number of phenolic OH excluding ortho intramolecular Hbond substituents is 1. The van der Waals surface area contributed by atoms with Gasteiger partial charge in [0.2, 0.25) is 5.91 Å². The summed E-state index contributed by atoms with van der Waals surface area (Å²) in [6, 6.07) is 14.6. The molecule has 2 aliphatic heterocycles. The number of carbonyl (C=O) groups excluding carboxylic acids is 2. The highest BCUT2D eigenvalue weighted by molar-refractivity contribution is 6.00. The summed E-state index contributed by atoms with van der Waals surface area (Å²) in [6.45, 7) is 1.56. The predicted molar refractivity (Wildman–Crippen MR) is 175 cm³/mol. The first-order valence-corrected chi connectivity index (χ1v) is 16.3. The zero-order valence-electron chi connectivity index (χ0n) is 26.2. The molecule has 10 nitrogen and oxygen atoms in total. The summed E-state index contributed by atoms with van der Waals surface area (Å²) in [5.41, 5.74) is 3.81. The van der Waals surface area contributed by atoms with Gasteiger partial charge in [0.1, 0.15) is 17.6 Å². The largest absolute Gasteiger partial charge is 0.507 e. The number of ether oxygens (including phenoxy) is 1. The lowest BCUT2D eigenvalue weighted by atomic mass is 9.77. The molecule has 2 amide bonds. The minimum absolute atomic E-state index is 0.0219. The van der Waals surface area contributed by atoms with Gasteiger partial charge in [-0.25, -0.2) is 14.4 Å². The maximum Gasteiger partial charge on any atom is 0.258 e. The zero-order valence-corrected chi connectivity index (χ0v) is 26.2. The quantitative estimate of drug-likeness (QED) is 0.252. The maximum atomic E-state index is 15.0. The number of phenols is 1. The third-order valence-corrected chi connectivity index (χ3v) is 10.2. The summed E-state index contributed by atoms with van der Waals surface area (Å²) >= 11 is 0. The van der Waals surface area contributed by atoms with Crippen LogP contribution in [-0.2, 0) is 27.8 Å². The molecule has 4 aliphatic rings. The summed E-state index contributed by atoms with van der Waals surface area (Å²) in [5, 5.41) is 16.5. The minimum atomic E-state index is -1.94. The number of fused-ring (bicyclic) bond motifs is 3. The van der Waals surface area contributed by atoms with Crippen LogP contribution in [0.15, 0.2) is 67.3 Å². The van der Waals surface area contributed by atoms with Gasteiger partial charge in [0.15, 0.2) is 5.67 Å². The number of morpholine rings is 1. The van der Waals surface area contributed by atoms with Crippen molar-refractivity contribution in [2.75, 3.05) is 23.4 Å². The monoisotopic (exact) mass is 636 g/mol. The molecule has 3 N–H and O–H groups in total. The smallest absolute Gasteiger partial charge is 0.258 e. The Morgan fingerprint density at radius 3 is 2.70 bits per heavy atom. The standard InChI is InChI=1S/C36H37FN6O4/c1-42-20-38-17-30(42)28-8-7-24(15-31(28)44)40-34(45)33(41-35(46)36(37)10-11-36)27-4-2-3-21-5-6-22(13-29(21)27)23-9-12-39-32(14-23)43-18-26-16-25(43)19-47-26/h5-9,12-15,17,20,25-27,33,44H,2-4,10-11,16,18-19H2,1H3,(H,40,45)(H,41,46)/t25-,26-,27-,33?/m1/s1. The van der Waals surface area contributed by atoms with Crippen LogP contribution in [0.3, 0.4) is 0 Å². The fourth-order valence-electron chi connectivity index (χ4n) is 7.42. The van der Waals surface area contributed by atoms with Crippen LogP contribution in [0.5, 0.6) is 5.75 Å². The summed E-state index contributed by atoms with van der Waals surface area (Å²) < 4.78 is 22.5. The van der Waals surface area contributed by atoms with Crippen LogP contribution in [0.25, 0.3) is 22.4 Å². The zero-order chi connectivity index (χ0) is 32.3. The first kappa shape index (κ1) is 29.6. The lowest BCUT2D eigenvalue weighted by Gasteiger charge is -2.33. The fraction of sp³-hybridized carbons (Fsp3) is 0.389. The van der Waals surface area contributed by atoms with Gasteiger partial charge in [-0.1, -0.05) is 18.2 Å². The number of aryl methyl sites for hydroxylation is 2. The van der Waals surface area contributed by atoms with Crippen molar-refractivity contribution in [1.29, 1.82) is 0 Å². The predicted octanol–water partition coefficient (Wildman–Crippen LogP) is 4.88. The van der Waals surface area contributed by atoms with E-state index in [4.69, 9.17) is 4.74 Å². The summed E-state index contributed by atoms with van der Waals surface area (Å²) in [7, 11) is 1.83. The number of hydrogen-bond acceptors (Lipinski definition) is 7. The highest BCUT2D eigenvalue weighted by Gasteiger charge is 2.52. The molecule has 4 atom stereocenters. The first-order valence-electron chi connectivity index (χ1n) is 16.3. The Bertz CT molecular complexity index is 1870. The van der Waals surface area contributed by atoms with E-state index in [2.05, 4.69) is 49.8 Å². The molecule has 3 fully saturated rings. The second-order valence-electron chi connectivity index (χ2n) is 13.3. The number of anilines is 2. The number of benzene rings is 2. The topological polar surface area (TPSA) is 122 Å². The van der Waals surface area contributed by atoms with Crippen molar-refractivity contribution >= 4 is 23.3 Å². The Morgan fingerprint density at radius 1 is 1.13 bits per heavy atom. The number of hydrogen-bond donors (Lipinski definition) is 3. The van der Waals surface area contributed by atoms with Crippen LogP contribution in [0.2, 0.25) is 0 Å². The third-order valence-electron chi connectivity index (χ3n) is 10.2. The molecule has 8 rings (SSSR count). The van der Waals surface area contributed by atoms with Crippen molar-refractivity contribution < 1.29 is 23.8 Å². The van der Waals surface area contributed by atoms with Crippen molar-refractivity contribution in [3.63, 3.8) is 0 Å². The van der Waals surface area contributed by atoms with E-state index in [0.29, 0.717) is 23.7 Å². The van der Waals surface area contributed by atoms with Crippen LogP contribution in [0, 0.1) is 0 Å². The molecule has 2 aromatic heterocycles.